The summed E-state index contributed by atoms with van der Waals surface area (Å²) in [5.41, 5.74) is -1.35. The van der Waals surface area contributed by atoms with Gasteiger partial charge in [-0.25, -0.2) is 18.4 Å². The van der Waals surface area contributed by atoms with E-state index in [-0.39, 0.29) is 24.4 Å². The Labute approximate surface area is 119 Å². The largest absolute Gasteiger partial charge is 0.418 e. The van der Waals surface area contributed by atoms with Gasteiger partial charge in [0, 0.05) is 6.54 Å². The number of rotatable bonds is 5. The van der Waals surface area contributed by atoms with Crippen molar-refractivity contribution in [2.45, 2.75) is 12.6 Å². The Morgan fingerprint density at radius 3 is 2.43 bits per heavy atom. The van der Waals surface area contributed by atoms with Gasteiger partial charge in [-0.05, 0) is 18.6 Å². The van der Waals surface area contributed by atoms with E-state index in [1.54, 1.807) is 0 Å². The SMILES string of the molecule is NS(=O)(=O)CCCNC(=O)Nc1ccccc1C(F)(F)F. The number of amides is 2. The van der Waals surface area contributed by atoms with Crippen LogP contribution in [0.4, 0.5) is 23.7 Å². The van der Waals surface area contributed by atoms with Crippen LogP contribution in [-0.2, 0) is 16.2 Å². The van der Waals surface area contributed by atoms with Gasteiger partial charge in [0.1, 0.15) is 0 Å². The molecule has 2 amide bonds. The van der Waals surface area contributed by atoms with E-state index in [0.29, 0.717) is 0 Å². The van der Waals surface area contributed by atoms with Gasteiger partial charge in [-0.1, -0.05) is 12.1 Å². The van der Waals surface area contributed by atoms with Crippen LogP contribution in [0.15, 0.2) is 24.3 Å². The first-order valence-corrected chi connectivity index (χ1v) is 7.53. The van der Waals surface area contributed by atoms with Crippen molar-refractivity contribution < 1.29 is 26.4 Å². The van der Waals surface area contributed by atoms with E-state index in [1.807, 2.05) is 0 Å². The number of primary sulfonamides is 1. The Kier molecular flexibility index (Phi) is 5.55. The number of para-hydroxylation sites is 1. The Balaban J connectivity index is 2.56. The molecule has 10 heteroatoms. The molecule has 0 heterocycles. The van der Waals surface area contributed by atoms with E-state index >= 15 is 0 Å². The quantitative estimate of drug-likeness (QED) is 0.715. The first-order chi connectivity index (χ1) is 9.59. The van der Waals surface area contributed by atoms with Gasteiger partial charge in [0.25, 0.3) is 0 Å². The smallest absolute Gasteiger partial charge is 0.338 e. The van der Waals surface area contributed by atoms with Crippen molar-refractivity contribution >= 4 is 21.7 Å². The molecule has 0 radical (unpaired) electrons. The van der Waals surface area contributed by atoms with E-state index in [0.717, 1.165) is 12.1 Å². The number of sulfonamides is 1. The number of hydrogen-bond donors (Lipinski definition) is 3. The van der Waals surface area contributed by atoms with Crippen molar-refractivity contribution in [3.8, 4) is 0 Å². The third kappa shape index (κ3) is 6.45. The van der Waals surface area contributed by atoms with Crippen LogP contribution in [0.5, 0.6) is 0 Å². The van der Waals surface area contributed by atoms with Crippen LogP contribution in [-0.4, -0.2) is 26.7 Å². The molecule has 0 aromatic heterocycles. The van der Waals surface area contributed by atoms with Crippen molar-refractivity contribution in [2.24, 2.45) is 5.14 Å². The van der Waals surface area contributed by atoms with Gasteiger partial charge in [0.2, 0.25) is 10.0 Å². The predicted molar refractivity (Wildman–Crippen MR) is 71.1 cm³/mol. The molecule has 0 fully saturated rings. The Morgan fingerprint density at radius 2 is 1.86 bits per heavy atom. The molecule has 21 heavy (non-hydrogen) atoms. The van der Waals surface area contributed by atoms with Crippen LogP contribution in [0.2, 0.25) is 0 Å². The van der Waals surface area contributed by atoms with E-state index in [9.17, 15) is 26.4 Å². The number of carbonyl (C=O) groups is 1. The van der Waals surface area contributed by atoms with E-state index in [1.165, 1.54) is 12.1 Å². The zero-order chi connectivity index (χ0) is 16.1. The Bertz CT molecular complexity index is 602. The van der Waals surface area contributed by atoms with Crippen LogP contribution in [0.3, 0.4) is 0 Å². The van der Waals surface area contributed by atoms with Crippen LogP contribution in [0.1, 0.15) is 12.0 Å². The van der Waals surface area contributed by atoms with Crippen molar-refractivity contribution in [1.29, 1.82) is 0 Å². The number of nitrogens with one attached hydrogen (secondary N) is 2. The van der Waals surface area contributed by atoms with Crippen molar-refractivity contribution in [1.82, 2.24) is 5.32 Å². The number of anilines is 1. The second kappa shape index (κ2) is 6.76. The number of hydrogen-bond acceptors (Lipinski definition) is 3. The van der Waals surface area contributed by atoms with Crippen molar-refractivity contribution in [3.05, 3.63) is 29.8 Å². The summed E-state index contributed by atoms with van der Waals surface area (Å²) in [6.07, 6.45) is -4.52. The minimum Gasteiger partial charge on any atom is -0.338 e. The molecule has 0 atom stereocenters. The highest BCUT2D eigenvalue weighted by Crippen LogP contribution is 2.34. The van der Waals surface area contributed by atoms with Crippen molar-refractivity contribution in [3.63, 3.8) is 0 Å². The van der Waals surface area contributed by atoms with Gasteiger partial charge in [0.15, 0.2) is 0 Å². The number of carbonyl (C=O) groups excluding carboxylic acids is 1. The standard InChI is InChI=1S/C11H14F3N3O3S/c12-11(13,14)8-4-1-2-5-9(8)17-10(18)16-6-3-7-21(15,19)20/h1-2,4-5H,3,6-7H2,(H2,15,19,20)(H2,16,17,18). The summed E-state index contributed by atoms with van der Waals surface area (Å²) in [6.45, 7) is -0.0313. The molecule has 0 saturated heterocycles. The lowest BCUT2D eigenvalue weighted by atomic mass is 10.1. The topological polar surface area (TPSA) is 101 Å². The number of urea groups is 1. The molecule has 6 nitrogen and oxygen atoms in total. The molecule has 0 aliphatic heterocycles. The summed E-state index contributed by atoms with van der Waals surface area (Å²) in [4.78, 5) is 11.4. The molecule has 118 valence electrons. The predicted octanol–water partition coefficient (Wildman–Crippen LogP) is 1.51. The molecule has 0 saturated carbocycles. The highest BCUT2D eigenvalue weighted by atomic mass is 32.2. The lowest BCUT2D eigenvalue weighted by Crippen LogP contribution is -2.31. The average Bonchev–Trinajstić information content (AvgIpc) is 2.33. The molecular formula is C11H14F3N3O3S. The molecule has 0 unspecified atom stereocenters. The van der Waals surface area contributed by atoms with E-state index in [4.69, 9.17) is 5.14 Å². The highest BCUT2D eigenvalue weighted by Gasteiger charge is 2.33. The van der Waals surface area contributed by atoms with Crippen molar-refractivity contribution in [2.75, 3.05) is 17.6 Å². The molecule has 0 spiro atoms. The lowest BCUT2D eigenvalue weighted by Gasteiger charge is -2.13. The summed E-state index contributed by atoms with van der Waals surface area (Å²) >= 11 is 0. The maximum absolute atomic E-state index is 12.7. The number of nitrogens with two attached hydrogens (primary N) is 1. The second-order valence-corrected chi connectivity index (χ2v) is 5.88. The third-order valence-corrected chi connectivity index (χ3v) is 3.23. The van der Waals surface area contributed by atoms with Crippen LogP contribution < -0.4 is 15.8 Å². The zero-order valence-electron chi connectivity index (χ0n) is 10.8. The van der Waals surface area contributed by atoms with Gasteiger partial charge in [-0.2, -0.15) is 13.2 Å². The molecule has 1 aromatic rings. The average molecular weight is 325 g/mol. The summed E-state index contributed by atoms with van der Waals surface area (Å²) in [6, 6.07) is 3.66. The fourth-order valence-electron chi connectivity index (χ4n) is 1.48. The Hall–Kier alpha value is -1.81. The van der Waals surface area contributed by atoms with Gasteiger partial charge in [0.05, 0.1) is 17.0 Å². The minimum atomic E-state index is -4.59. The molecule has 1 aromatic carbocycles. The van der Waals surface area contributed by atoms with E-state index < -0.39 is 27.8 Å². The van der Waals surface area contributed by atoms with Gasteiger partial charge >= 0.3 is 12.2 Å². The zero-order valence-corrected chi connectivity index (χ0v) is 11.6. The fourth-order valence-corrected chi connectivity index (χ4v) is 2.03. The summed E-state index contributed by atoms with van der Waals surface area (Å²) in [7, 11) is -3.63. The summed E-state index contributed by atoms with van der Waals surface area (Å²) in [5.74, 6) is -0.327. The molecule has 0 aliphatic carbocycles. The first-order valence-electron chi connectivity index (χ1n) is 5.81. The lowest BCUT2D eigenvalue weighted by molar-refractivity contribution is -0.136. The number of benzene rings is 1. The molecule has 1 rings (SSSR count). The minimum absolute atomic E-state index is 0.0313. The van der Waals surface area contributed by atoms with Crippen LogP contribution >= 0.6 is 0 Å². The van der Waals surface area contributed by atoms with Crippen LogP contribution in [0, 0.1) is 0 Å². The summed E-state index contributed by atoms with van der Waals surface area (Å²) in [5, 5.41) is 9.07. The maximum atomic E-state index is 12.7. The molecule has 0 bridgehead atoms. The second-order valence-electron chi connectivity index (χ2n) is 4.14. The van der Waals surface area contributed by atoms with Gasteiger partial charge in [-0.3, -0.25) is 0 Å². The summed E-state index contributed by atoms with van der Waals surface area (Å²) < 4.78 is 59.3. The normalized spacial score (nSPS) is 12.0. The van der Waals surface area contributed by atoms with Gasteiger partial charge in [-0.15, -0.1) is 0 Å². The Morgan fingerprint density at radius 1 is 1.24 bits per heavy atom. The number of alkyl halides is 3. The molecular weight excluding hydrogens is 311 g/mol. The fraction of sp³-hybridized carbons (Fsp3) is 0.364. The van der Waals surface area contributed by atoms with E-state index in [2.05, 4.69) is 10.6 Å². The molecule has 4 N–H and O–H groups in total. The third-order valence-electron chi connectivity index (χ3n) is 2.37. The number of halogens is 3. The monoisotopic (exact) mass is 325 g/mol. The maximum Gasteiger partial charge on any atom is 0.418 e. The first kappa shape index (κ1) is 17.2. The highest BCUT2D eigenvalue weighted by molar-refractivity contribution is 7.89. The van der Waals surface area contributed by atoms with Gasteiger partial charge < -0.3 is 10.6 Å². The van der Waals surface area contributed by atoms with Crippen LogP contribution in [0.25, 0.3) is 0 Å². The molecule has 0 aliphatic rings.